The van der Waals surface area contributed by atoms with Crippen LogP contribution in [0.5, 0.6) is 5.75 Å². The first kappa shape index (κ1) is 66.9. The maximum absolute atomic E-state index is 14.9. The number of amides is 10. The molecule has 8 atom stereocenters. The number of aliphatic imine (C=N–C) groups is 1. The lowest BCUT2D eigenvalue weighted by Gasteiger charge is -2.32. The second-order valence-corrected chi connectivity index (χ2v) is 22.0. The number of nitrogens with one attached hydrogen (secondary N) is 8. The van der Waals surface area contributed by atoms with Gasteiger partial charge in [-0.1, -0.05) is 74.5 Å². The molecule has 16 N–H and O–H groups in total. The molecule has 2 aliphatic rings. The lowest BCUT2D eigenvalue weighted by Crippen LogP contribution is -2.61. The Hall–Kier alpha value is -9.27. The van der Waals surface area contributed by atoms with Gasteiger partial charge in [-0.3, -0.25) is 48.1 Å². The number of aliphatic hydroxyl groups excluding tert-OH is 1. The van der Waals surface area contributed by atoms with E-state index >= 15 is 0 Å². The Kier molecular flexibility index (Phi) is 25.3. The lowest BCUT2D eigenvalue weighted by molar-refractivity contribution is -0.143. The van der Waals surface area contributed by atoms with Gasteiger partial charge in [0.1, 0.15) is 60.7 Å². The number of phenols is 1. The number of aromatic amines is 1. The molecule has 0 bridgehead atoms. The van der Waals surface area contributed by atoms with E-state index in [0.717, 1.165) is 0 Å². The van der Waals surface area contributed by atoms with Crippen LogP contribution in [-0.2, 0) is 67.3 Å². The van der Waals surface area contributed by atoms with Crippen LogP contribution in [0.15, 0.2) is 90.1 Å². The van der Waals surface area contributed by atoms with Gasteiger partial charge in [-0.15, -0.1) is 0 Å². The van der Waals surface area contributed by atoms with E-state index in [1.165, 1.54) is 34.1 Å². The van der Waals surface area contributed by atoms with Gasteiger partial charge in [0, 0.05) is 62.5 Å². The first-order valence-corrected chi connectivity index (χ1v) is 29.3. The number of hydrogen-bond acceptors (Lipinski definition) is 14. The summed E-state index contributed by atoms with van der Waals surface area (Å²) in [7, 11) is 0. The van der Waals surface area contributed by atoms with Crippen LogP contribution in [0, 0.1) is 5.92 Å². The van der Waals surface area contributed by atoms with Crippen molar-refractivity contribution >= 4 is 76.1 Å². The number of aromatic hydroxyl groups is 1. The molecule has 4 aromatic rings. The number of para-hydroxylation sites is 1. The number of H-pyrrole nitrogens is 1. The molecule has 0 radical (unpaired) electrons. The fourth-order valence-corrected chi connectivity index (χ4v) is 10.6. The smallest absolute Gasteiger partial charge is 0.408 e. The lowest BCUT2D eigenvalue weighted by atomic mass is 10.0. The van der Waals surface area contributed by atoms with Gasteiger partial charge in [0.15, 0.2) is 5.96 Å². The molecular weight excluding hydrogens is 1120 g/mol. The highest BCUT2D eigenvalue weighted by atomic mass is 16.5. The zero-order valence-electron chi connectivity index (χ0n) is 49.3. The van der Waals surface area contributed by atoms with Crippen LogP contribution in [0.2, 0.25) is 0 Å². The number of carbonyl (C=O) groups is 10. The molecule has 27 heteroatoms. The second-order valence-electron chi connectivity index (χ2n) is 22.0. The number of aliphatic hydroxyl groups is 1. The molecule has 87 heavy (non-hydrogen) atoms. The number of alkyl carbamates (subject to hydrolysis) is 1. The molecule has 3 aromatic carbocycles. The Bertz CT molecular complexity index is 3060. The van der Waals surface area contributed by atoms with Gasteiger partial charge in [0.2, 0.25) is 53.2 Å². The largest absolute Gasteiger partial charge is 0.508 e. The quantitative estimate of drug-likeness (QED) is 0.0177. The normalized spacial score (nSPS) is 16.7. The molecule has 0 spiro atoms. The van der Waals surface area contributed by atoms with Crippen molar-refractivity contribution in [1.82, 2.24) is 52.0 Å². The summed E-state index contributed by atoms with van der Waals surface area (Å²) in [6.45, 7) is 5.12. The zero-order chi connectivity index (χ0) is 63.2. The van der Waals surface area contributed by atoms with E-state index in [0.29, 0.717) is 53.4 Å². The summed E-state index contributed by atoms with van der Waals surface area (Å²) in [4.78, 5) is 149. The van der Waals surface area contributed by atoms with Crippen LogP contribution in [0.3, 0.4) is 0 Å². The molecule has 0 aliphatic carbocycles. The first-order valence-electron chi connectivity index (χ1n) is 29.3. The molecule has 0 saturated carbocycles. The number of fused-ring (bicyclic) bond motifs is 1. The van der Waals surface area contributed by atoms with Crippen LogP contribution < -0.4 is 54.4 Å². The highest BCUT2D eigenvalue weighted by molar-refractivity contribution is 5.99. The molecule has 6 rings (SSSR count). The number of phenolic OH excluding ortho intramolecular Hbond substituents is 1. The number of aromatic nitrogens is 1. The van der Waals surface area contributed by atoms with Gasteiger partial charge in [0.05, 0.1) is 6.61 Å². The van der Waals surface area contributed by atoms with Crippen molar-refractivity contribution in [2.75, 3.05) is 32.8 Å². The number of guanidine groups is 1. The summed E-state index contributed by atoms with van der Waals surface area (Å²) in [5, 5.41) is 40.2. The predicted molar refractivity (Wildman–Crippen MR) is 320 cm³/mol. The standard InChI is InChI=1S/C60H82N14O13/c1-4-64-55(82)48-18-11-27-73(48)57(84)43(17-10-26-65-59(62)63)67-52(79)44(29-35(2)3)69-56(83)49-19-12-28-74(49)58(85)46(30-36-20-22-39(76)23-21-36)70-54(81)47(33-75)71-53(80)45(31-38-32-66-41-16-9-8-15-40(38)41)68-51(78)42(24-25-50(61)77)72-60(86)87-34-37-13-6-5-7-14-37/h5-9,13-16,20-23,32,35,42-49,66,75-76H,4,10-12,17-19,24-31,33-34H2,1-3H3,(H2,61,77)(H,64,82)(H,67,79)(H,68,78)(H,69,83)(H,70,81)(H,71,80)(H,72,86)(H4,62,63,65)/t42-,43-,44-,45-,46-,47-,48-,49+/m0/s1. The minimum atomic E-state index is -1.76. The van der Waals surface area contributed by atoms with Crippen LogP contribution in [0.1, 0.15) is 95.2 Å². The molecule has 2 saturated heterocycles. The number of benzene rings is 3. The number of rotatable bonds is 31. The molecule has 0 unspecified atom stereocenters. The van der Waals surface area contributed by atoms with E-state index in [4.69, 9.17) is 21.9 Å². The minimum absolute atomic E-state index is 0.0459. The third-order valence-electron chi connectivity index (χ3n) is 15.0. The number of carbonyl (C=O) groups excluding carboxylic acids is 10. The summed E-state index contributed by atoms with van der Waals surface area (Å²) >= 11 is 0. The van der Waals surface area contributed by atoms with Crippen molar-refractivity contribution in [3.8, 4) is 5.75 Å². The van der Waals surface area contributed by atoms with Gasteiger partial charge in [-0.05, 0) is 99.1 Å². The molecule has 27 nitrogen and oxygen atoms in total. The fraction of sp³-hybridized carbons (Fsp3) is 0.483. The molecular formula is C60H82N14O13. The molecule has 2 aliphatic heterocycles. The van der Waals surface area contributed by atoms with Crippen molar-refractivity contribution in [3.63, 3.8) is 0 Å². The van der Waals surface area contributed by atoms with Crippen LogP contribution in [-0.4, -0.2) is 171 Å². The Morgan fingerprint density at radius 3 is 1.89 bits per heavy atom. The number of likely N-dealkylation sites (tertiary alicyclic amines) is 2. The molecule has 470 valence electrons. The summed E-state index contributed by atoms with van der Waals surface area (Å²) < 4.78 is 5.33. The maximum atomic E-state index is 14.9. The Morgan fingerprint density at radius 1 is 0.655 bits per heavy atom. The number of nitrogens with zero attached hydrogens (tertiary/aromatic N) is 3. The van der Waals surface area contributed by atoms with Gasteiger partial charge < -0.3 is 84.2 Å². The summed E-state index contributed by atoms with van der Waals surface area (Å²) in [5.74, 6) is -7.01. The third-order valence-corrected chi connectivity index (χ3v) is 15.0. The number of likely N-dealkylation sites (N-methyl/N-ethyl adjacent to an activating group) is 1. The van der Waals surface area contributed by atoms with E-state index in [2.05, 4.69) is 47.2 Å². The van der Waals surface area contributed by atoms with Gasteiger partial charge in [-0.25, -0.2) is 4.79 Å². The highest BCUT2D eigenvalue weighted by Gasteiger charge is 2.42. The zero-order valence-corrected chi connectivity index (χ0v) is 49.3. The maximum Gasteiger partial charge on any atom is 0.408 e. The van der Waals surface area contributed by atoms with Crippen molar-refractivity contribution in [3.05, 3.63) is 102 Å². The number of primary amides is 1. The van der Waals surface area contributed by atoms with Crippen LogP contribution >= 0.6 is 0 Å². The van der Waals surface area contributed by atoms with Crippen LogP contribution in [0.25, 0.3) is 10.9 Å². The first-order chi connectivity index (χ1) is 41.6. The Balaban J connectivity index is 1.21. The van der Waals surface area contributed by atoms with E-state index in [-0.39, 0.29) is 101 Å². The van der Waals surface area contributed by atoms with Gasteiger partial charge >= 0.3 is 6.09 Å². The number of hydrogen-bond donors (Lipinski definition) is 13. The van der Waals surface area contributed by atoms with Gasteiger partial charge in [-0.2, -0.15) is 0 Å². The SMILES string of the molecule is CCNC(=O)[C@@H]1CCCN1C(=O)[C@H](CCCN=C(N)N)NC(=O)[C@H](CC(C)C)NC(=O)[C@H]1CCCN1C(=O)[C@H](Cc1ccc(O)cc1)NC(=O)[C@H](CO)NC(=O)[C@H](Cc1c[nH]c2ccccc12)NC(=O)[C@H](CCC(N)=O)NC(=O)OCc1ccccc1. The number of nitrogens with two attached hydrogens (primary N) is 3. The van der Waals surface area contributed by atoms with Gasteiger partial charge in [0.25, 0.3) is 0 Å². The van der Waals surface area contributed by atoms with E-state index < -0.39 is 108 Å². The molecule has 3 heterocycles. The van der Waals surface area contributed by atoms with Crippen molar-refractivity contribution in [2.24, 2.45) is 28.1 Å². The third kappa shape index (κ3) is 19.9. The molecule has 2 fully saturated rings. The topological polar surface area (TPSA) is 417 Å². The summed E-state index contributed by atoms with van der Waals surface area (Å²) in [6, 6.07) is 11.2. The second kappa shape index (κ2) is 32.9. The summed E-state index contributed by atoms with van der Waals surface area (Å²) in [6.07, 6.45) is 1.58. The monoisotopic (exact) mass is 1210 g/mol. The van der Waals surface area contributed by atoms with Crippen molar-refractivity contribution in [2.45, 2.75) is 146 Å². The minimum Gasteiger partial charge on any atom is -0.508 e. The highest BCUT2D eigenvalue weighted by Crippen LogP contribution is 2.24. The number of ether oxygens (including phenoxy) is 1. The van der Waals surface area contributed by atoms with E-state index in [1.54, 1.807) is 67.7 Å². The average Bonchev–Trinajstić information content (AvgIpc) is 3.14. The Labute approximate surface area is 504 Å². The predicted octanol–water partition coefficient (Wildman–Crippen LogP) is -0.147. The summed E-state index contributed by atoms with van der Waals surface area (Å²) in [5.41, 5.74) is 18.9. The van der Waals surface area contributed by atoms with Crippen molar-refractivity contribution < 1.29 is 62.9 Å². The Morgan fingerprint density at radius 2 is 1.24 bits per heavy atom. The van der Waals surface area contributed by atoms with Crippen LogP contribution in [0.4, 0.5) is 4.79 Å². The average molecular weight is 1210 g/mol. The fourth-order valence-electron chi connectivity index (χ4n) is 10.6. The van der Waals surface area contributed by atoms with Crippen molar-refractivity contribution in [1.29, 1.82) is 0 Å². The molecule has 1 aromatic heterocycles. The van der Waals surface area contributed by atoms with E-state index in [1.807, 2.05) is 13.8 Å². The molecule has 10 amide bonds. The van der Waals surface area contributed by atoms with E-state index in [9.17, 15) is 58.2 Å².